The van der Waals surface area contributed by atoms with Crippen LogP contribution in [0, 0.1) is 0 Å². The molecule has 3 aromatic rings. The molecule has 7 nitrogen and oxygen atoms in total. The standard InChI is InChI=1S/C23H24N2O5S/c1-15(17-5-8-20-21(11-17)29-10-9-28-20)24-22(26)14-31-13-18-12-30-23(25-18)16-3-6-19(27-2)7-4-16/h3-8,11-12,15H,9-10,13-14H2,1-2H3,(H,24,26)/t15-/m0/s1. The first-order valence-electron chi connectivity index (χ1n) is 9.98. The zero-order valence-corrected chi connectivity index (χ0v) is 18.2. The number of hydrogen-bond donors (Lipinski definition) is 1. The van der Waals surface area contributed by atoms with Gasteiger partial charge in [0.1, 0.15) is 25.2 Å². The lowest BCUT2D eigenvalue weighted by atomic mass is 10.1. The van der Waals surface area contributed by atoms with Gasteiger partial charge in [-0.05, 0) is 48.9 Å². The van der Waals surface area contributed by atoms with Crippen LogP contribution in [0.25, 0.3) is 11.5 Å². The lowest BCUT2D eigenvalue weighted by molar-refractivity contribution is -0.119. The summed E-state index contributed by atoms with van der Waals surface area (Å²) < 4.78 is 21.9. The van der Waals surface area contributed by atoms with Crippen molar-refractivity contribution in [2.45, 2.75) is 18.7 Å². The maximum Gasteiger partial charge on any atom is 0.230 e. The van der Waals surface area contributed by atoms with Gasteiger partial charge < -0.3 is 23.9 Å². The van der Waals surface area contributed by atoms with Crippen LogP contribution in [-0.2, 0) is 10.5 Å². The molecule has 0 spiro atoms. The Kier molecular flexibility index (Phi) is 6.66. The molecule has 0 aliphatic carbocycles. The number of nitrogens with one attached hydrogen (secondary N) is 1. The zero-order chi connectivity index (χ0) is 21.6. The normalized spacial score (nSPS) is 13.5. The highest BCUT2D eigenvalue weighted by molar-refractivity contribution is 7.99. The molecular formula is C23H24N2O5S. The lowest BCUT2D eigenvalue weighted by Gasteiger charge is -2.21. The Hall–Kier alpha value is -3.13. The number of thioether (sulfide) groups is 1. The van der Waals surface area contributed by atoms with Crippen molar-refractivity contribution in [1.29, 1.82) is 0 Å². The predicted molar refractivity (Wildman–Crippen MR) is 119 cm³/mol. The number of amides is 1. The highest BCUT2D eigenvalue weighted by Gasteiger charge is 2.16. The SMILES string of the molecule is COc1ccc(-c2nc(CSCC(=O)N[C@@H](C)c3ccc4c(c3)OCCO4)co2)cc1. The molecule has 1 aliphatic rings. The lowest BCUT2D eigenvalue weighted by Crippen LogP contribution is -2.28. The molecule has 0 unspecified atom stereocenters. The first kappa shape index (κ1) is 21.1. The number of nitrogens with zero attached hydrogens (tertiary/aromatic N) is 1. The minimum atomic E-state index is -0.127. The molecule has 0 fully saturated rings. The molecule has 2 heterocycles. The van der Waals surface area contributed by atoms with Crippen LogP contribution in [0.1, 0.15) is 24.2 Å². The third-order valence-electron chi connectivity index (χ3n) is 4.82. The van der Waals surface area contributed by atoms with Crippen LogP contribution in [0.15, 0.2) is 53.1 Å². The third kappa shape index (κ3) is 5.32. The largest absolute Gasteiger partial charge is 0.497 e. The van der Waals surface area contributed by atoms with Crippen molar-refractivity contribution < 1.29 is 23.4 Å². The molecule has 2 aromatic carbocycles. The van der Waals surface area contributed by atoms with E-state index >= 15 is 0 Å². The number of ether oxygens (including phenoxy) is 3. The van der Waals surface area contributed by atoms with Gasteiger partial charge in [-0.2, -0.15) is 0 Å². The Balaban J connectivity index is 1.25. The van der Waals surface area contributed by atoms with E-state index in [0.29, 0.717) is 30.6 Å². The number of fused-ring (bicyclic) bond motifs is 1. The van der Waals surface area contributed by atoms with Gasteiger partial charge in [0, 0.05) is 11.3 Å². The van der Waals surface area contributed by atoms with Gasteiger partial charge in [-0.1, -0.05) is 6.07 Å². The van der Waals surface area contributed by atoms with Crippen molar-refractivity contribution in [3.05, 3.63) is 60.0 Å². The first-order chi connectivity index (χ1) is 15.1. The number of aromatic nitrogens is 1. The average Bonchev–Trinajstić information content (AvgIpc) is 3.27. The number of rotatable bonds is 8. The Labute approximate surface area is 185 Å². The fourth-order valence-electron chi connectivity index (χ4n) is 3.18. The maximum atomic E-state index is 12.3. The van der Waals surface area contributed by atoms with Gasteiger partial charge in [0.2, 0.25) is 11.8 Å². The smallest absolute Gasteiger partial charge is 0.230 e. The predicted octanol–water partition coefficient (Wildman–Crippen LogP) is 4.23. The van der Waals surface area contributed by atoms with Gasteiger partial charge in [0.15, 0.2) is 11.5 Å². The number of carbonyl (C=O) groups excluding carboxylic acids is 1. The van der Waals surface area contributed by atoms with Crippen LogP contribution in [0.3, 0.4) is 0 Å². The molecule has 162 valence electrons. The zero-order valence-electron chi connectivity index (χ0n) is 17.4. The number of carbonyl (C=O) groups is 1. The van der Waals surface area contributed by atoms with Gasteiger partial charge in [0.05, 0.1) is 24.6 Å². The average molecular weight is 441 g/mol. The molecule has 0 saturated carbocycles. The van der Waals surface area contributed by atoms with Crippen molar-refractivity contribution in [3.63, 3.8) is 0 Å². The number of hydrogen-bond acceptors (Lipinski definition) is 7. The summed E-state index contributed by atoms with van der Waals surface area (Å²) in [4.78, 5) is 16.8. The fourth-order valence-corrected chi connectivity index (χ4v) is 3.90. The van der Waals surface area contributed by atoms with Crippen molar-refractivity contribution >= 4 is 17.7 Å². The van der Waals surface area contributed by atoms with E-state index in [2.05, 4.69) is 10.3 Å². The van der Waals surface area contributed by atoms with Crippen LogP contribution in [0.5, 0.6) is 17.2 Å². The van der Waals surface area contributed by atoms with Gasteiger partial charge in [-0.3, -0.25) is 4.79 Å². The maximum absolute atomic E-state index is 12.3. The second-order valence-corrected chi connectivity index (χ2v) is 8.04. The summed E-state index contributed by atoms with van der Waals surface area (Å²) in [6, 6.07) is 13.1. The van der Waals surface area contributed by atoms with E-state index in [0.717, 1.165) is 34.1 Å². The van der Waals surface area contributed by atoms with Crippen molar-refractivity contribution in [2.75, 3.05) is 26.1 Å². The summed E-state index contributed by atoms with van der Waals surface area (Å²) in [5.41, 5.74) is 2.65. The molecule has 31 heavy (non-hydrogen) atoms. The summed E-state index contributed by atoms with van der Waals surface area (Å²) >= 11 is 1.49. The summed E-state index contributed by atoms with van der Waals surface area (Å²) in [6.07, 6.45) is 1.63. The highest BCUT2D eigenvalue weighted by atomic mass is 32.2. The molecular weight excluding hydrogens is 416 g/mol. The highest BCUT2D eigenvalue weighted by Crippen LogP contribution is 2.32. The van der Waals surface area contributed by atoms with Crippen LogP contribution < -0.4 is 19.5 Å². The Morgan fingerprint density at radius 2 is 1.94 bits per heavy atom. The van der Waals surface area contributed by atoms with Crippen LogP contribution in [0.4, 0.5) is 0 Å². The molecule has 8 heteroatoms. The van der Waals surface area contributed by atoms with E-state index < -0.39 is 0 Å². The Bertz CT molecular complexity index is 1030. The van der Waals surface area contributed by atoms with Gasteiger partial charge in [-0.25, -0.2) is 4.98 Å². The summed E-state index contributed by atoms with van der Waals surface area (Å²) in [5.74, 6) is 3.68. The molecule has 0 saturated heterocycles. The van der Waals surface area contributed by atoms with Gasteiger partial charge in [0.25, 0.3) is 0 Å². The third-order valence-corrected chi connectivity index (χ3v) is 5.78. The van der Waals surface area contributed by atoms with E-state index in [4.69, 9.17) is 18.6 Å². The van der Waals surface area contributed by atoms with E-state index in [1.807, 2.05) is 49.4 Å². The van der Waals surface area contributed by atoms with Gasteiger partial charge >= 0.3 is 0 Å². The molecule has 4 rings (SSSR count). The van der Waals surface area contributed by atoms with Crippen LogP contribution in [0.2, 0.25) is 0 Å². The summed E-state index contributed by atoms with van der Waals surface area (Å²) in [7, 11) is 1.63. The Morgan fingerprint density at radius 1 is 1.16 bits per heavy atom. The van der Waals surface area contributed by atoms with Crippen molar-refractivity contribution in [2.24, 2.45) is 0 Å². The minimum absolute atomic E-state index is 0.0359. The minimum Gasteiger partial charge on any atom is -0.497 e. The summed E-state index contributed by atoms with van der Waals surface area (Å²) in [6.45, 7) is 3.05. The van der Waals surface area contributed by atoms with E-state index in [-0.39, 0.29) is 11.9 Å². The molecule has 0 bridgehead atoms. The monoisotopic (exact) mass is 440 g/mol. The molecule has 1 atom stereocenters. The van der Waals surface area contributed by atoms with Crippen molar-refractivity contribution in [1.82, 2.24) is 10.3 Å². The number of oxazole rings is 1. The van der Waals surface area contributed by atoms with E-state index in [9.17, 15) is 4.79 Å². The van der Waals surface area contributed by atoms with Crippen molar-refractivity contribution in [3.8, 4) is 28.7 Å². The number of benzene rings is 2. The first-order valence-corrected chi connectivity index (χ1v) is 11.1. The van der Waals surface area contributed by atoms with Crippen LogP contribution in [-0.4, -0.2) is 37.0 Å². The topological polar surface area (TPSA) is 82.8 Å². The summed E-state index contributed by atoms with van der Waals surface area (Å²) in [5, 5.41) is 3.02. The van der Waals surface area contributed by atoms with Crippen LogP contribution >= 0.6 is 11.8 Å². The molecule has 1 aromatic heterocycles. The van der Waals surface area contributed by atoms with E-state index in [1.165, 1.54) is 11.8 Å². The molecule has 1 N–H and O–H groups in total. The molecule has 1 aliphatic heterocycles. The van der Waals surface area contributed by atoms with E-state index in [1.54, 1.807) is 13.4 Å². The van der Waals surface area contributed by atoms with Gasteiger partial charge in [-0.15, -0.1) is 11.8 Å². The number of methoxy groups -OCH3 is 1. The Morgan fingerprint density at radius 3 is 2.71 bits per heavy atom. The molecule has 0 radical (unpaired) electrons. The second-order valence-electron chi connectivity index (χ2n) is 7.06. The second kappa shape index (κ2) is 9.78. The molecule has 1 amide bonds. The fraction of sp³-hybridized carbons (Fsp3) is 0.304. The quantitative estimate of drug-likeness (QED) is 0.561.